The summed E-state index contributed by atoms with van der Waals surface area (Å²) in [6.45, 7) is 4.55. The molecule has 31 heavy (non-hydrogen) atoms. The van der Waals surface area contributed by atoms with Crippen LogP contribution >= 0.6 is 10.9 Å². The second kappa shape index (κ2) is 8.79. The smallest absolute Gasteiger partial charge is 0.270 e. The number of aryl methyl sites for hydroxylation is 2. The summed E-state index contributed by atoms with van der Waals surface area (Å²) in [5, 5.41) is 9.43. The van der Waals surface area contributed by atoms with Crippen molar-refractivity contribution in [2.75, 3.05) is 7.11 Å². The number of methoxy groups -OCH3 is 1. The number of hydrogen-bond donors (Lipinski definition) is 1. The summed E-state index contributed by atoms with van der Waals surface area (Å²) in [6, 6.07) is 21.0. The lowest BCUT2D eigenvalue weighted by Crippen LogP contribution is -2.01. The highest BCUT2D eigenvalue weighted by Gasteiger charge is 2.16. The lowest BCUT2D eigenvalue weighted by molar-refractivity contribution is 0.297. The second-order valence-electron chi connectivity index (χ2n) is 7.29. The van der Waals surface area contributed by atoms with Gasteiger partial charge in [0.05, 0.1) is 24.1 Å². The van der Waals surface area contributed by atoms with E-state index in [2.05, 4.69) is 42.5 Å². The predicted octanol–water partition coefficient (Wildman–Crippen LogP) is 6.05. The largest absolute Gasteiger partial charge is 0.568 e. The van der Waals surface area contributed by atoms with Gasteiger partial charge < -0.3 is 19.1 Å². The molecule has 158 valence electrons. The molecule has 3 aromatic carbocycles. The van der Waals surface area contributed by atoms with Crippen LogP contribution in [-0.2, 0) is 6.61 Å². The van der Waals surface area contributed by atoms with Crippen LogP contribution in [0.3, 0.4) is 0 Å². The van der Waals surface area contributed by atoms with Gasteiger partial charge in [0.25, 0.3) is 5.88 Å². The third-order valence-corrected chi connectivity index (χ3v) is 6.29. The van der Waals surface area contributed by atoms with Crippen LogP contribution in [0.15, 0.2) is 66.7 Å². The van der Waals surface area contributed by atoms with Crippen molar-refractivity contribution in [3.05, 3.63) is 83.4 Å². The van der Waals surface area contributed by atoms with Gasteiger partial charge in [-0.05, 0) is 54.8 Å². The van der Waals surface area contributed by atoms with Gasteiger partial charge in [-0.2, -0.15) is 0 Å². The zero-order chi connectivity index (χ0) is 22.0. The first-order valence-electron chi connectivity index (χ1n) is 9.85. The molecule has 1 aromatic heterocycles. The van der Waals surface area contributed by atoms with Crippen molar-refractivity contribution in [1.29, 1.82) is 0 Å². The van der Waals surface area contributed by atoms with Gasteiger partial charge in [0, 0.05) is 21.1 Å². The second-order valence-corrected chi connectivity index (χ2v) is 8.41. The fourth-order valence-electron chi connectivity index (χ4n) is 3.76. The maximum atomic E-state index is 11.9. The highest BCUT2D eigenvalue weighted by Crippen LogP contribution is 2.38. The van der Waals surface area contributed by atoms with E-state index in [1.54, 1.807) is 19.2 Å². The van der Waals surface area contributed by atoms with Crippen molar-refractivity contribution >= 4 is 10.9 Å². The highest BCUT2D eigenvalue weighted by atomic mass is 32.2. The van der Waals surface area contributed by atoms with Crippen molar-refractivity contribution in [3.8, 4) is 38.9 Å². The predicted molar refractivity (Wildman–Crippen MR) is 122 cm³/mol. The third kappa shape index (κ3) is 4.26. The number of para-hydroxylation sites is 1. The molecule has 1 heterocycles. The SMILES string of the molecule is COc1c(COc2ccc(-c3cc(O)n[s+]3[O-])cc2)cccc1-c1c(C)cccc1C. The van der Waals surface area contributed by atoms with Gasteiger partial charge in [-0.1, -0.05) is 36.4 Å². The number of rotatable bonds is 6. The Morgan fingerprint density at radius 3 is 2.26 bits per heavy atom. The number of aromatic nitrogens is 1. The lowest BCUT2D eigenvalue weighted by atomic mass is 9.93. The molecule has 0 saturated carbocycles. The molecule has 0 aliphatic carbocycles. The summed E-state index contributed by atoms with van der Waals surface area (Å²) < 4.78 is 27.3. The molecule has 1 unspecified atom stereocenters. The molecule has 0 saturated heterocycles. The normalized spacial score (nSPS) is 11.4. The van der Waals surface area contributed by atoms with E-state index in [1.165, 1.54) is 22.8 Å². The minimum absolute atomic E-state index is 0.218. The minimum Gasteiger partial charge on any atom is -0.568 e. The Morgan fingerprint density at radius 2 is 1.65 bits per heavy atom. The van der Waals surface area contributed by atoms with Gasteiger partial charge in [-0.25, -0.2) is 0 Å². The molecular weight excluding hydrogens is 410 g/mol. The van der Waals surface area contributed by atoms with Crippen LogP contribution in [0.2, 0.25) is 0 Å². The summed E-state index contributed by atoms with van der Waals surface area (Å²) >= 11 is 0. The molecule has 0 amide bonds. The number of nitrogens with zero attached hydrogens (tertiary/aromatic N) is 1. The van der Waals surface area contributed by atoms with E-state index in [4.69, 9.17) is 9.47 Å². The van der Waals surface area contributed by atoms with Crippen molar-refractivity contribution in [1.82, 2.24) is 4.37 Å². The van der Waals surface area contributed by atoms with Gasteiger partial charge in [0.2, 0.25) is 4.88 Å². The number of benzene rings is 3. The fourth-order valence-corrected chi connectivity index (χ4v) is 4.63. The van der Waals surface area contributed by atoms with Crippen LogP contribution in [0.1, 0.15) is 16.7 Å². The van der Waals surface area contributed by atoms with E-state index in [0.717, 1.165) is 22.4 Å². The third-order valence-electron chi connectivity index (χ3n) is 5.21. The number of aromatic hydroxyl groups is 1. The molecule has 4 aromatic rings. The summed E-state index contributed by atoms with van der Waals surface area (Å²) in [7, 11) is 0.109. The quantitative estimate of drug-likeness (QED) is 0.375. The summed E-state index contributed by atoms with van der Waals surface area (Å²) in [6.07, 6.45) is 0. The number of ether oxygens (including phenoxy) is 2. The van der Waals surface area contributed by atoms with Crippen LogP contribution in [0.5, 0.6) is 17.4 Å². The van der Waals surface area contributed by atoms with Gasteiger partial charge in [-0.15, -0.1) is 0 Å². The van der Waals surface area contributed by atoms with Crippen LogP contribution in [0.4, 0.5) is 0 Å². The Hall–Kier alpha value is -3.35. The molecule has 1 atom stereocenters. The minimum atomic E-state index is -1.57. The Balaban J connectivity index is 1.57. The van der Waals surface area contributed by atoms with Crippen molar-refractivity contribution < 1.29 is 19.1 Å². The molecule has 0 radical (unpaired) electrons. The zero-order valence-corrected chi connectivity index (χ0v) is 18.4. The Bertz CT molecular complexity index is 1190. The Labute approximate surface area is 184 Å². The van der Waals surface area contributed by atoms with E-state index >= 15 is 0 Å². The van der Waals surface area contributed by atoms with Gasteiger partial charge >= 0.3 is 0 Å². The van der Waals surface area contributed by atoms with E-state index in [9.17, 15) is 9.66 Å². The average molecular weight is 434 g/mol. The monoisotopic (exact) mass is 433 g/mol. The highest BCUT2D eigenvalue weighted by molar-refractivity contribution is 7.23. The van der Waals surface area contributed by atoms with Crippen LogP contribution in [0.25, 0.3) is 21.6 Å². The number of hydrogen-bond acceptors (Lipinski definition) is 5. The first-order valence-corrected chi connectivity index (χ1v) is 11.0. The zero-order valence-electron chi connectivity index (χ0n) is 17.6. The van der Waals surface area contributed by atoms with Crippen LogP contribution in [-0.4, -0.2) is 21.1 Å². The molecule has 5 nitrogen and oxygen atoms in total. The summed E-state index contributed by atoms with van der Waals surface area (Å²) in [5.74, 6) is 1.26. The Morgan fingerprint density at radius 1 is 0.968 bits per heavy atom. The van der Waals surface area contributed by atoms with E-state index in [0.29, 0.717) is 17.2 Å². The average Bonchev–Trinajstić information content (AvgIpc) is 3.10. The van der Waals surface area contributed by atoms with Crippen molar-refractivity contribution in [2.45, 2.75) is 20.5 Å². The topological polar surface area (TPSA) is 74.6 Å². The summed E-state index contributed by atoms with van der Waals surface area (Å²) in [4.78, 5) is 0.479. The molecule has 0 aliphatic heterocycles. The van der Waals surface area contributed by atoms with E-state index in [1.807, 2.05) is 24.3 Å². The van der Waals surface area contributed by atoms with Crippen molar-refractivity contribution in [2.24, 2.45) is 0 Å². The molecule has 6 heteroatoms. The lowest BCUT2D eigenvalue weighted by Gasteiger charge is -2.17. The maximum absolute atomic E-state index is 11.9. The molecule has 0 fully saturated rings. The molecule has 4 rings (SSSR count). The molecular formula is C25H23NO4S. The fraction of sp³-hybridized carbons (Fsp3) is 0.160. The van der Waals surface area contributed by atoms with Gasteiger partial charge in [0.1, 0.15) is 18.1 Å². The molecule has 0 bridgehead atoms. The van der Waals surface area contributed by atoms with Gasteiger partial charge in [-0.3, -0.25) is 0 Å². The van der Waals surface area contributed by atoms with Crippen LogP contribution < -0.4 is 9.47 Å². The maximum Gasteiger partial charge on any atom is 0.270 e. The van der Waals surface area contributed by atoms with Gasteiger partial charge in [0.15, 0.2) is 0 Å². The van der Waals surface area contributed by atoms with Crippen molar-refractivity contribution in [3.63, 3.8) is 0 Å². The van der Waals surface area contributed by atoms with E-state index in [-0.39, 0.29) is 5.88 Å². The first kappa shape index (κ1) is 20.9. The molecule has 0 spiro atoms. The molecule has 0 aliphatic rings. The van der Waals surface area contributed by atoms with E-state index < -0.39 is 10.9 Å². The van der Waals surface area contributed by atoms with Crippen LogP contribution in [0, 0.1) is 13.8 Å². The summed E-state index contributed by atoms with van der Waals surface area (Å²) in [5.41, 5.74) is 6.29. The standard InChI is InChI=1S/C25H23NO4S/c1-16-6-4-7-17(2)24(16)21-9-5-8-19(25(21)29-3)15-30-20-12-10-18(11-13-20)22-14-23(27)26-31(22)28/h4-14H,15H2,1-3H3,(H,26,27). The Kier molecular flexibility index (Phi) is 5.93. The molecule has 1 N–H and O–H groups in total. The first-order chi connectivity index (χ1) is 15.0.